The van der Waals surface area contributed by atoms with E-state index in [1.54, 1.807) is 11.3 Å². The van der Waals surface area contributed by atoms with Gasteiger partial charge in [-0.2, -0.15) is 0 Å². The Kier molecular flexibility index (Phi) is 7.06. The Balaban J connectivity index is 2.04. The van der Waals surface area contributed by atoms with Gasteiger partial charge in [0.15, 0.2) is 5.96 Å². The highest BCUT2D eigenvalue weighted by atomic mass is 32.1. The minimum absolute atomic E-state index is 0.571. The largest absolute Gasteiger partial charge is 0.494 e. The van der Waals surface area contributed by atoms with Gasteiger partial charge in [-0.25, -0.2) is 9.98 Å². The highest BCUT2D eigenvalue weighted by Crippen LogP contribution is 2.21. The molecule has 0 fully saturated rings. The molecule has 1 heterocycles. The summed E-state index contributed by atoms with van der Waals surface area (Å²) in [5.74, 6) is 1.70. The highest BCUT2D eigenvalue weighted by molar-refractivity contribution is 7.11. The highest BCUT2D eigenvalue weighted by Gasteiger charge is 2.05. The number of ether oxygens (including phenoxy) is 1. The zero-order valence-corrected chi connectivity index (χ0v) is 15.7. The topological polar surface area (TPSA) is 58.5 Å². The van der Waals surface area contributed by atoms with Gasteiger partial charge in [-0.3, -0.25) is 0 Å². The summed E-state index contributed by atoms with van der Waals surface area (Å²) in [5, 5.41) is 7.66. The molecule has 0 atom stereocenters. The van der Waals surface area contributed by atoms with Gasteiger partial charge in [0.2, 0.25) is 0 Å². The Morgan fingerprint density at radius 1 is 1.25 bits per heavy atom. The fraction of sp³-hybridized carbons (Fsp3) is 0.444. The van der Waals surface area contributed by atoms with E-state index in [1.165, 1.54) is 10.4 Å². The summed E-state index contributed by atoms with van der Waals surface area (Å²) in [6, 6.07) is 6.23. The maximum Gasteiger partial charge on any atom is 0.191 e. The molecule has 0 saturated heterocycles. The van der Waals surface area contributed by atoms with Gasteiger partial charge in [0, 0.05) is 23.2 Å². The molecule has 2 rings (SSSR count). The first-order chi connectivity index (χ1) is 11.6. The molecule has 0 amide bonds. The number of aryl methyl sites for hydroxylation is 2. The molecular formula is C18H26N4OS. The number of nitrogens with zero attached hydrogens (tertiary/aromatic N) is 2. The van der Waals surface area contributed by atoms with Crippen molar-refractivity contribution in [2.45, 2.75) is 40.8 Å². The van der Waals surface area contributed by atoms with Crippen molar-refractivity contribution >= 4 is 17.3 Å². The minimum atomic E-state index is 0.571. The average Bonchev–Trinajstić information content (AvgIpc) is 2.97. The third-order valence-corrected chi connectivity index (χ3v) is 4.26. The van der Waals surface area contributed by atoms with Gasteiger partial charge in [0.1, 0.15) is 10.8 Å². The lowest BCUT2D eigenvalue weighted by Crippen LogP contribution is -2.36. The standard InChI is InChI=1S/C18H26N4OS/c1-5-19-18(22-12-17-20-10-14(4)24-17)21-11-15-8-7-13(3)9-16(15)23-6-2/h7-10H,5-6,11-12H2,1-4H3,(H2,19,21,22). The summed E-state index contributed by atoms with van der Waals surface area (Å²) < 4.78 is 5.72. The number of hydrogen-bond donors (Lipinski definition) is 2. The number of hydrogen-bond acceptors (Lipinski definition) is 4. The predicted molar refractivity (Wildman–Crippen MR) is 101 cm³/mol. The van der Waals surface area contributed by atoms with Crippen LogP contribution in [0.3, 0.4) is 0 Å². The molecule has 130 valence electrons. The molecule has 1 aromatic carbocycles. The summed E-state index contributed by atoms with van der Waals surface area (Å²) in [6.45, 7) is 10.9. The molecule has 0 unspecified atom stereocenters. The number of aromatic nitrogens is 1. The van der Waals surface area contributed by atoms with Gasteiger partial charge in [-0.15, -0.1) is 11.3 Å². The van der Waals surface area contributed by atoms with E-state index in [-0.39, 0.29) is 0 Å². The van der Waals surface area contributed by atoms with Crippen molar-refractivity contribution in [3.05, 3.63) is 45.4 Å². The zero-order valence-electron chi connectivity index (χ0n) is 14.8. The maximum atomic E-state index is 5.72. The smallest absolute Gasteiger partial charge is 0.191 e. The minimum Gasteiger partial charge on any atom is -0.494 e. The molecule has 0 radical (unpaired) electrons. The van der Waals surface area contributed by atoms with Crippen molar-refractivity contribution in [3.63, 3.8) is 0 Å². The third kappa shape index (κ3) is 5.53. The van der Waals surface area contributed by atoms with Gasteiger partial charge in [-0.1, -0.05) is 12.1 Å². The zero-order chi connectivity index (χ0) is 17.4. The fourth-order valence-corrected chi connectivity index (χ4v) is 2.96. The fourth-order valence-electron chi connectivity index (χ4n) is 2.23. The lowest BCUT2D eigenvalue weighted by Gasteiger charge is -2.12. The van der Waals surface area contributed by atoms with Gasteiger partial charge < -0.3 is 15.4 Å². The van der Waals surface area contributed by atoms with E-state index in [9.17, 15) is 0 Å². The lowest BCUT2D eigenvalue weighted by molar-refractivity contribution is 0.336. The molecule has 5 nitrogen and oxygen atoms in total. The molecule has 1 aromatic heterocycles. The van der Waals surface area contributed by atoms with Crippen LogP contribution in [0, 0.1) is 13.8 Å². The second-order valence-electron chi connectivity index (χ2n) is 5.46. The number of nitrogens with one attached hydrogen (secondary N) is 2. The van der Waals surface area contributed by atoms with Crippen LogP contribution in [0.2, 0.25) is 0 Å². The van der Waals surface area contributed by atoms with Gasteiger partial charge >= 0.3 is 0 Å². The molecule has 24 heavy (non-hydrogen) atoms. The second-order valence-corrected chi connectivity index (χ2v) is 6.78. The van der Waals surface area contributed by atoms with Crippen LogP contribution in [0.5, 0.6) is 5.75 Å². The molecule has 6 heteroatoms. The van der Waals surface area contributed by atoms with Gasteiger partial charge in [0.25, 0.3) is 0 Å². The number of thiazole rings is 1. The summed E-state index contributed by atoms with van der Waals surface area (Å²) in [7, 11) is 0. The van der Waals surface area contributed by atoms with Crippen molar-refractivity contribution in [2.75, 3.05) is 13.2 Å². The van der Waals surface area contributed by atoms with E-state index in [4.69, 9.17) is 4.74 Å². The van der Waals surface area contributed by atoms with E-state index in [1.807, 2.05) is 13.1 Å². The first-order valence-electron chi connectivity index (χ1n) is 8.28. The molecule has 0 aliphatic heterocycles. The van der Waals surface area contributed by atoms with Crippen LogP contribution in [0.1, 0.15) is 34.9 Å². The lowest BCUT2D eigenvalue weighted by atomic mass is 10.1. The van der Waals surface area contributed by atoms with Crippen LogP contribution < -0.4 is 15.4 Å². The molecule has 0 saturated carbocycles. The van der Waals surface area contributed by atoms with Crippen LogP contribution in [-0.2, 0) is 13.1 Å². The Morgan fingerprint density at radius 2 is 2.08 bits per heavy atom. The molecule has 0 bridgehead atoms. The van der Waals surface area contributed by atoms with E-state index in [2.05, 4.69) is 59.6 Å². The van der Waals surface area contributed by atoms with E-state index < -0.39 is 0 Å². The first-order valence-corrected chi connectivity index (χ1v) is 9.09. The summed E-state index contributed by atoms with van der Waals surface area (Å²) in [4.78, 5) is 10.3. The van der Waals surface area contributed by atoms with Crippen LogP contribution in [0.25, 0.3) is 0 Å². The van der Waals surface area contributed by atoms with Crippen LogP contribution in [0.15, 0.2) is 29.4 Å². The molecule has 0 aliphatic rings. The van der Waals surface area contributed by atoms with E-state index >= 15 is 0 Å². The summed E-state index contributed by atoms with van der Waals surface area (Å²) in [6.07, 6.45) is 1.90. The van der Waals surface area contributed by atoms with Crippen LogP contribution in [0.4, 0.5) is 0 Å². The SMILES string of the molecule is CCNC(=NCc1ccc(C)cc1OCC)NCc1ncc(C)s1. The van der Waals surface area contributed by atoms with Crippen LogP contribution in [-0.4, -0.2) is 24.1 Å². The molecular weight excluding hydrogens is 320 g/mol. The third-order valence-electron chi connectivity index (χ3n) is 3.35. The van der Waals surface area contributed by atoms with Crippen molar-refractivity contribution in [3.8, 4) is 5.75 Å². The first kappa shape index (κ1) is 18.3. The predicted octanol–water partition coefficient (Wildman–Crippen LogP) is 3.41. The average molecular weight is 347 g/mol. The summed E-state index contributed by atoms with van der Waals surface area (Å²) in [5.41, 5.74) is 2.28. The monoisotopic (exact) mass is 346 g/mol. The van der Waals surface area contributed by atoms with Crippen molar-refractivity contribution in [2.24, 2.45) is 4.99 Å². The number of rotatable bonds is 7. The van der Waals surface area contributed by atoms with Crippen molar-refractivity contribution in [1.82, 2.24) is 15.6 Å². The van der Waals surface area contributed by atoms with Crippen LogP contribution >= 0.6 is 11.3 Å². The molecule has 0 aliphatic carbocycles. The van der Waals surface area contributed by atoms with E-state index in [0.717, 1.165) is 28.8 Å². The molecule has 2 N–H and O–H groups in total. The van der Waals surface area contributed by atoms with Crippen molar-refractivity contribution < 1.29 is 4.74 Å². The Hall–Kier alpha value is -2.08. The van der Waals surface area contributed by atoms with Gasteiger partial charge in [-0.05, 0) is 39.3 Å². The summed E-state index contributed by atoms with van der Waals surface area (Å²) >= 11 is 1.70. The number of benzene rings is 1. The Bertz CT molecular complexity index is 681. The van der Waals surface area contributed by atoms with Crippen molar-refractivity contribution in [1.29, 1.82) is 0 Å². The normalized spacial score (nSPS) is 11.4. The Morgan fingerprint density at radius 3 is 2.75 bits per heavy atom. The number of guanidine groups is 1. The second kappa shape index (κ2) is 9.27. The maximum absolute atomic E-state index is 5.72. The van der Waals surface area contributed by atoms with Gasteiger partial charge in [0.05, 0.1) is 19.7 Å². The number of aliphatic imine (C=N–C) groups is 1. The Labute approximate surface area is 148 Å². The van der Waals surface area contributed by atoms with E-state index in [0.29, 0.717) is 19.7 Å². The molecule has 0 spiro atoms. The quantitative estimate of drug-likeness (QED) is 0.596. The molecule has 2 aromatic rings.